The van der Waals surface area contributed by atoms with Crippen LogP contribution in [0.2, 0.25) is 5.02 Å². The zero-order valence-electron chi connectivity index (χ0n) is 14.2. The fraction of sp³-hybridized carbons (Fsp3) is 0.562. The molecule has 0 aromatic carbocycles. The molecule has 1 aliphatic rings. The number of halogens is 4. The van der Waals surface area contributed by atoms with E-state index in [9.17, 15) is 18.0 Å². The van der Waals surface area contributed by atoms with Crippen LogP contribution in [0.4, 0.5) is 13.2 Å². The fourth-order valence-corrected chi connectivity index (χ4v) is 3.33. The van der Waals surface area contributed by atoms with E-state index in [2.05, 4.69) is 15.5 Å². The lowest BCUT2D eigenvalue weighted by Gasteiger charge is -2.13. The summed E-state index contributed by atoms with van der Waals surface area (Å²) in [6.07, 6.45) is 0.253. The molecule has 2 aromatic heterocycles. The number of aromatic nitrogens is 4. The summed E-state index contributed by atoms with van der Waals surface area (Å²) in [5.74, 6) is -0.273. The van der Waals surface area contributed by atoms with E-state index < -0.39 is 11.9 Å². The fourth-order valence-electron chi connectivity index (χ4n) is 3.17. The zero-order chi connectivity index (χ0) is 18.9. The van der Waals surface area contributed by atoms with Crippen molar-refractivity contribution in [2.75, 3.05) is 6.54 Å². The number of hydrogen-bond donors (Lipinski definition) is 1. The molecule has 2 aromatic rings. The molecule has 0 saturated carbocycles. The van der Waals surface area contributed by atoms with E-state index in [0.717, 1.165) is 0 Å². The summed E-state index contributed by atoms with van der Waals surface area (Å²) in [4.78, 5) is 12.1. The Hall–Kier alpha value is -2.03. The molecule has 10 heteroatoms. The molecule has 0 unspecified atom stereocenters. The third-order valence-corrected chi connectivity index (χ3v) is 4.51. The van der Waals surface area contributed by atoms with Crippen LogP contribution in [-0.2, 0) is 36.9 Å². The topological polar surface area (TPSA) is 64.7 Å². The van der Waals surface area contributed by atoms with E-state index in [1.807, 2.05) is 6.92 Å². The standard InChI is InChI=1S/C16H19ClF3N5O/c1-10(7-24-8-11(17)6-22-24)5-21-14(26)9-25-13-4-2-3-12(13)15(23-25)16(18,19)20/h6,8,10H,2-5,7,9H2,1H3,(H,21,26)/t10-/m0/s1. The van der Waals surface area contributed by atoms with E-state index >= 15 is 0 Å². The van der Waals surface area contributed by atoms with Crippen LogP contribution >= 0.6 is 11.6 Å². The Bertz CT molecular complexity index is 798. The molecule has 142 valence electrons. The van der Waals surface area contributed by atoms with Crippen molar-refractivity contribution >= 4 is 17.5 Å². The SMILES string of the molecule is C[C@@H](CNC(=O)Cn1nc(C(F)(F)F)c2c1CCC2)Cn1cc(Cl)cn1. The van der Waals surface area contributed by atoms with Crippen molar-refractivity contribution in [1.82, 2.24) is 24.9 Å². The first-order valence-electron chi connectivity index (χ1n) is 8.34. The molecule has 0 bridgehead atoms. The van der Waals surface area contributed by atoms with Gasteiger partial charge in [0.1, 0.15) is 6.54 Å². The summed E-state index contributed by atoms with van der Waals surface area (Å²) in [6, 6.07) is 0. The largest absolute Gasteiger partial charge is 0.435 e. The highest BCUT2D eigenvalue weighted by Crippen LogP contribution is 2.36. The summed E-state index contributed by atoms with van der Waals surface area (Å²) in [6.45, 7) is 2.68. The minimum absolute atomic E-state index is 0.0870. The van der Waals surface area contributed by atoms with Gasteiger partial charge in [0, 0.05) is 30.5 Å². The van der Waals surface area contributed by atoms with Gasteiger partial charge in [-0.05, 0) is 25.2 Å². The Balaban J connectivity index is 1.57. The summed E-state index contributed by atoms with van der Waals surface area (Å²) in [7, 11) is 0. The van der Waals surface area contributed by atoms with Crippen LogP contribution in [0.15, 0.2) is 12.4 Å². The number of nitrogens with one attached hydrogen (secondary N) is 1. The molecule has 2 heterocycles. The maximum atomic E-state index is 13.1. The van der Waals surface area contributed by atoms with E-state index in [0.29, 0.717) is 43.1 Å². The average Bonchev–Trinajstić information content (AvgIpc) is 3.23. The monoisotopic (exact) mass is 389 g/mol. The predicted molar refractivity (Wildman–Crippen MR) is 88.7 cm³/mol. The lowest BCUT2D eigenvalue weighted by atomic mass is 10.2. The second-order valence-electron chi connectivity index (χ2n) is 6.57. The molecule has 1 amide bonds. The number of carbonyl (C=O) groups is 1. The van der Waals surface area contributed by atoms with E-state index in [4.69, 9.17) is 11.6 Å². The highest BCUT2D eigenvalue weighted by atomic mass is 35.5. The van der Waals surface area contributed by atoms with Crippen LogP contribution in [0.1, 0.15) is 30.3 Å². The van der Waals surface area contributed by atoms with Crippen molar-refractivity contribution in [3.63, 3.8) is 0 Å². The maximum absolute atomic E-state index is 13.1. The predicted octanol–water partition coefficient (Wildman–Crippen LogP) is 2.69. The molecule has 0 fully saturated rings. The Morgan fingerprint density at radius 1 is 1.42 bits per heavy atom. The minimum atomic E-state index is -4.49. The Kier molecular flexibility index (Phi) is 5.27. The number of rotatable bonds is 6. The molecular weight excluding hydrogens is 371 g/mol. The van der Waals surface area contributed by atoms with Crippen molar-refractivity contribution in [1.29, 1.82) is 0 Å². The Morgan fingerprint density at radius 3 is 2.85 bits per heavy atom. The van der Waals surface area contributed by atoms with Gasteiger partial charge in [-0.15, -0.1) is 0 Å². The Labute approximate surface area is 153 Å². The summed E-state index contributed by atoms with van der Waals surface area (Å²) < 4.78 is 42.1. The van der Waals surface area contributed by atoms with Gasteiger partial charge in [0.25, 0.3) is 0 Å². The van der Waals surface area contributed by atoms with Crippen LogP contribution in [0.3, 0.4) is 0 Å². The van der Waals surface area contributed by atoms with Crippen molar-refractivity contribution in [2.45, 2.75) is 45.5 Å². The molecule has 0 aliphatic heterocycles. The van der Waals surface area contributed by atoms with E-state index in [1.165, 1.54) is 10.9 Å². The molecular formula is C16H19ClF3N5O. The second kappa shape index (κ2) is 7.30. The van der Waals surface area contributed by atoms with Crippen molar-refractivity contribution in [3.8, 4) is 0 Å². The van der Waals surface area contributed by atoms with Crippen LogP contribution < -0.4 is 5.32 Å². The number of nitrogens with zero attached hydrogens (tertiary/aromatic N) is 4. The second-order valence-corrected chi connectivity index (χ2v) is 7.01. The lowest BCUT2D eigenvalue weighted by molar-refractivity contribution is -0.142. The molecule has 0 radical (unpaired) electrons. The number of amides is 1. The number of fused-ring (bicyclic) bond motifs is 1. The lowest BCUT2D eigenvalue weighted by Crippen LogP contribution is -2.33. The van der Waals surface area contributed by atoms with Gasteiger partial charge in [-0.3, -0.25) is 14.2 Å². The molecule has 6 nitrogen and oxygen atoms in total. The van der Waals surface area contributed by atoms with Crippen LogP contribution in [-0.4, -0.2) is 32.0 Å². The van der Waals surface area contributed by atoms with Crippen molar-refractivity contribution in [3.05, 3.63) is 34.4 Å². The normalized spacial score (nSPS) is 15.1. The van der Waals surface area contributed by atoms with Gasteiger partial charge in [-0.1, -0.05) is 18.5 Å². The van der Waals surface area contributed by atoms with Crippen LogP contribution in [0.25, 0.3) is 0 Å². The van der Waals surface area contributed by atoms with E-state index in [1.54, 1.807) is 10.9 Å². The van der Waals surface area contributed by atoms with Gasteiger partial charge in [0.2, 0.25) is 5.91 Å². The number of carbonyl (C=O) groups excluding carboxylic acids is 1. The van der Waals surface area contributed by atoms with Crippen molar-refractivity contribution in [2.24, 2.45) is 5.92 Å². The smallest absolute Gasteiger partial charge is 0.354 e. The molecule has 26 heavy (non-hydrogen) atoms. The van der Waals surface area contributed by atoms with Gasteiger partial charge in [0.05, 0.1) is 11.2 Å². The highest BCUT2D eigenvalue weighted by Gasteiger charge is 2.40. The van der Waals surface area contributed by atoms with E-state index in [-0.39, 0.29) is 23.9 Å². The molecule has 0 spiro atoms. The highest BCUT2D eigenvalue weighted by molar-refractivity contribution is 6.30. The molecule has 3 rings (SSSR count). The number of hydrogen-bond acceptors (Lipinski definition) is 3. The first-order valence-corrected chi connectivity index (χ1v) is 8.72. The third kappa shape index (κ3) is 4.20. The van der Waals surface area contributed by atoms with Gasteiger partial charge in [-0.2, -0.15) is 23.4 Å². The molecule has 1 aliphatic carbocycles. The van der Waals surface area contributed by atoms with Gasteiger partial charge < -0.3 is 5.32 Å². The van der Waals surface area contributed by atoms with Gasteiger partial charge in [-0.25, -0.2) is 0 Å². The van der Waals surface area contributed by atoms with Crippen LogP contribution in [0.5, 0.6) is 0 Å². The quantitative estimate of drug-likeness (QED) is 0.826. The molecule has 1 N–H and O–H groups in total. The summed E-state index contributed by atoms with van der Waals surface area (Å²) in [5.41, 5.74) is -0.109. The molecule has 1 atom stereocenters. The zero-order valence-corrected chi connectivity index (χ0v) is 14.9. The molecule has 0 saturated heterocycles. The van der Waals surface area contributed by atoms with Gasteiger partial charge >= 0.3 is 6.18 Å². The summed E-state index contributed by atoms with van der Waals surface area (Å²) in [5, 5.41) is 11.0. The number of alkyl halides is 3. The van der Waals surface area contributed by atoms with Crippen molar-refractivity contribution < 1.29 is 18.0 Å². The first-order chi connectivity index (χ1) is 12.2. The Morgan fingerprint density at radius 2 is 2.19 bits per heavy atom. The average molecular weight is 390 g/mol. The third-order valence-electron chi connectivity index (χ3n) is 4.32. The van der Waals surface area contributed by atoms with Crippen LogP contribution in [0, 0.1) is 5.92 Å². The minimum Gasteiger partial charge on any atom is -0.354 e. The maximum Gasteiger partial charge on any atom is 0.435 e. The first kappa shape index (κ1) is 18.8. The summed E-state index contributed by atoms with van der Waals surface area (Å²) >= 11 is 5.80. The van der Waals surface area contributed by atoms with Gasteiger partial charge in [0.15, 0.2) is 5.69 Å².